The van der Waals surface area contributed by atoms with E-state index in [-0.39, 0.29) is 5.91 Å². The summed E-state index contributed by atoms with van der Waals surface area (Å²) in [5.41, 5.74) is 2.78. The molecule has 58 valence electrons. The van der Waals surface area contributed by atoms with Gasteiger partial charge in [0.15, 0.2) is 0 Å². The van der Waals surface area contributed by atoms with Crippen LogP contribution in [0.2, 0.25) is 0 Å². The lowest BCUT2D eigenvalue weighted by Gasteiger charge is -2.16. The normalized spacial score (nSPS) is 20.1. The Morgan fingerprint density at radius 3 is 2.80 bits per heavy atom. The summed E-state index contributed by atoms with van der Waals surface area (Å²) in [7, 11) is 0. The molecule has 1 saturated heterocycles. The van der Waals surface area contributed by atoms with E-state index in [1.54, 1.807) is 0 Å². The number of hydrogen-bond acceptors (Lipinski definition) is 2. The van der Waals surface area contributed by atoms with Crippen LogP contribution >= 0.6 is 0 Å². The summed E-state index contributed by atoms with van der Waals surface area (Å²) in [5, 5.41) is 1.98. The first-order valence-corrected chi connectivity index (χ1v) is 3.73. The summed E-state index contributed by atoms with van der Waals surface area (Å²) in [4.78, 5) is 10.7. The standard InChI is InChI=1S/C7H14N2O/c1-6(2)5-9-4-3-7(10)8-9/h6H,3-5H2,1-2H3,(H,8,10). The van der Waals surface area contributed by atoms with E-state index in [0.717, 1.165) is 13.1 Å². The topological polar surface area (TPSA) is 32.3 Å². The fourth-order valence-corrected chi connectivity index (χ4v) is 1.10. The highest BCUT2D eigenvalue weighted by Gasteiger charge is 2.17. The fraction of sp³-hybridized carbons (Fsp3) is 0.857. The molecule has 0 atom stereocenters. The quantitative estimate of drug-likeness (QED) is 0.604. The molecule has 0 spiro atoms. The van der Waals surface area contributed by atoms with Gasteiger partial charge in [-0.1, -0.05) is 13.8 Å². The Morgan fingerprint density at radius 1 is 1.70 bits per heavy atom. The summed E-state index contributed by atoms with van der Waals surface area (Å²) >= 11 is 0. The Kier molecular flexibility index (Phi) is 2.27. The maximum absolute atomic E-state index is 10.7. The highest BCUT2D eigenvalue weighted by atomic mass is 16.2. The van der Waals surface area contributed by atoms with Crippen LogP contribution in [0.15, 0.2) is 0 Å². The van der Waals surface area contributed by atoms with Crippen LogP contribution in [-0.4, -0.2) is 24.0 Å². The zero-order chi connectivity index (χ0) is 7.56. The molecule has 1 fully saturated rings. The lowest BCUT2D eigenvalue weighted by Crippen LogP contribution is -2.35. The molecule has 3 heteroatoms. The monoisotopic (exact) mass is 142 g/mol. The van der Waals surface area contributed by atoms with Gasteiger partial charge < -0.3 is 0 Å². The van der Waals surface area contributed by atoms with Crippen molar-refractivity contribution in [2.24, 2.45) is 5.92 Å². The molecule has 1 heterocycles. The summed E-state index contributed by atoms with van der Waals surface area (Å²) in [5.74, 6) is 0.777. The van der Waals surface area contributed by atoms with Crippen LogP contribution < -0.4 is 5.43 Å². The number of nitrogens with one attached hydrogen (secondary N) is 1. The van der Waals surface area contributed by atoms with Crippen molar-refractivity contribution in [1.29, 1.82) is 0 Å². The largest absolute Gasteiger partial charge is 0.289 e. The van der Waals surface area contributed by atoms with Gasteiger partial charge >= 0.3 is 0 Å². The summed E-state index contributed by atoms with van der Waals surface area (Å²) in [6.45, 7) is 6.12. The minimum absolute atomic E-state index is 0.153. The van der Waals surface area contributed by atoms with Crippen molar-refractivity contribution in [3.63, 3.8) is 0 Å². The van der Waals surface area contributed by atoms with Crippen molar-refractivity contribution in [1.82, 2.24) is 10.4 Å². The first kappa shape index (κ1) is 7.54. The van der Waals surface area contributed by atoms with Crippen molar-refractivity contribution >= 4 is 5.91 Å². The highest BCUT2D eigenvalue weighted by molar-refractivity contribution is 5.77. The first-order chi connectivity index (χ1) is 4.68. The molecule has 0 saturated carbocycles. The fourth-order valence-electron chi connectivity index (χ4n) is 1.10. The van der Waals surface area contributed by atoms with Gasteiger partial charge in [0, 0.05) is 19.5 Å². The molecule has 0 radical (unpaired) electrons. The van der Waals surface area contributed by atoms with Gasteiger partial charge in [0.1, 0.15) is 0 Å². The van der Waals surface area contributed by atoms with E-state index in [0.29, 0.717) is 12.3 Å². The van der Waals surface area contributed by atoms with Crippen molar-refractivity contribution in [3.8, 4) is 0 Å². The Balaban J connectivity index is 2.24. The van der Waals surface area contributed by atoms with E-state index in [1.165, 1.54) is 0 Å². The average Bonchev–Trinajstić information content (AvgIpc) is 2.13. The number of amides is 1. The smallest absolute Gasteiger partial charge is 0.235 e. The van der Waals surface area contributed by atoms with Gasteiger partial charge in [-0.3, -0.25) is 10.2 Å². The number of carbonyl (C=O) groups excluding carboxylic acids is 1. The molecule has 1 rings (SSSR count). The van der Waals surface area contributed by atoms with Crippen LogP contribution in [0, 0.1) is 5.92 Å². The Morgan fingerprint density at radius 2 is 2.40 bits per heavy atom. The van der Waals surface area contributed by atoms with Gasteiger partial charge in [-0.2, -0.15) is 0 Å². The minimum atomic E-state index is 0.153. The molecule has 3 nitrogen and oxygen atoms in total. The van der Waals surface area contributed by atoms with E-state index >= 15 is 0 Å². The number of rotatable bonds is 2. The van der Waals surface area contributed by atoms with Crippen LogP contribution in [0.4, 0.5) is 0 Å². The predicted molar refractivity (Wildman–Crippen MR) is 39.2 cm³/mol. The molecule has 0 bridgehead atoms. The summed E-state index contributed by atoms with van der Waals surface area (Å²) in [6, 6.07) is 0. The van der Waals surface area contributed by atoms with Gasteiger partial charge in [0.05, 0.1) is 0 Å². The van der Waals surface area contributed by atoms with E-state index in [2.05, 4.69) is 19.3 Å². The molecular weight excluding hydrogens is 128 g/mol. The minimum Gasteiger partial charge on any atom is -0.289 e. The second kappa shape index (κ2) is 3.01. The van der Waals surface area contributed by atoms with Gasteiger partial charge in [-0.05, 0) is 5.92 Å². The number of hydrazine groups is 1. The second-order valence-electron chi connectivity index (χ2n) is 3.12. The number of carbonyl (C=O) groups is 1. The lowest BCUT2D eigenvalue weighted by molar-refractivity contribution is -0.121. The number of nitrogens with zero attached hydrogens (tertiary/aromatic N) is 1. The van der Waals surface area contributed by atoms with Crippen LogP contribution in [-0.2, 0) is 4.79 Å². The molecule has 1 aliphatic rings. The Bertz CT molecular complexity index is 134. The predicted octanol–water partition coefficient (Wildman–Crippen LogP) is 0.379. The molecule has 0 aromatic carbocycles. The number of hydrogen-bond donors (Lipinski definition) is 1. The van der Waals surface area contributed by atoms with Crippen molar-refractivity contribution in [2.45, 2.75) is 20.3 Å². The Hall–Kier alpha value is -0.570. The van der Waals surface area contributed by atoms with Crippen LogP contribution in [0.3, 0.4) is 0 Å². The molecule has 1 aliphatic heterocycles. The van der Waals surface area contributed by atoms with Gasteiger partial charge in [0.2, 0.25) is 5.91 Å². The Labute approximate surface area is 61.4 Å². The summed E-state index contributed by atoms with van der Waals surface area (Å²) in [6.07, 6.45) is 0.659. The van der Waals surface area contributed by atoms with Gasteiger partial charge in [-0.15, -0.1) is 0 Å². The third-order valence-electron chi connectivity index (χ3n) is 1.48. The molecule has 1 amide bonds. The molecule has 0 unspecified atom stereocenters. The molecule has 0 aromatic heterocycles. The zero-order valence-electron chi connectivity index (χ0n) is 6.55. The van der Waals surface area contributed by atoms with Crippen LogP contribution in [0.25, 0.3) is 0 Å². The van der Waals surface area contributed by atoms with Crippen LogP contribution in [0.5, 0.6) is 0 Å². The molecule has 0 aliphatic carbocycles. The van der Waals surface area contributed by atoms with E-state index in [4.69, 9.17) is 0 Å². The third-order valence-corrected chi connectivity index (χ3v) is 1.48. The molecular formula is C7H14N2O. The van der Waals surface area contributed by atoms with E-state index in [1.807, 2.05) is 5.01 Å². The molecule has 0 aromatic rings. The third kappa shape index (κ3) is 1.99. The van der Waals surface area contributed by atoms with E-state index < -0.39 is 0 Å². The van der Waals surface area contributed by atoms with Gasteiger partial charge in [0.25, 0.3) is 0 Å². The van der Waals surface area contributed by atoms with Gasteiger partial charge in [-0.25, -0.2) is 5.01 Å². The van der Waals surface area contributed by atoms with Crippen molar-refractivity contribution in [2.75, 3.05) is 13.1 Å². The maximum atomic E-state index is 10.7. The zero-order valence-corrected chi connectivity index (χ0v) is 6.55. The first-order valence-electron chi connectivity index (χ1n) is 3.73. The van der Waals surface area contributed by atoms with Crippen molar-refractivity contribution < 1.29 is 4.79 Å². The van der Waals surface area contributed by atoms with Crippen LogP contribution in [0.1, 0.15) is 20.3 Å². The average molecular weight is 142 g/mol. The lowest BCUT2D eigenvalue weighted by atomic mass is 10.2. The van der Waals surface area contributed by atoms with E-state index in [9.17, 15) is 4.79 Å². The summed E-state index contributed by atoms with van der Waals surface area (Å²) < 4.78 is 0. The highest BCUT2D eigenvalue weighted by Crippen LogP contribution is 2.01. The van der Waals surface area contributed by atoms with Crippen molar-refractivity contribution in [3.05, 3.63) is 0 Å². The maximum Gasteiger partial charge on any atom is 0.235 e. The molecule has 10 heavy (non-hydrogen) atoms. The molecule has 1 N–H and O–H groups in total. The second-order valence-corrected chi connectivity index (χ2v) is 3.12. The SMILES string of the molecule is CC(C)CN1CCC(=O)N1.